The van der Waals surface area contributed by atoms with Crippen LogP contribution in [0.4, 0.5) is 0 Å². The van der Waals surface area contributed by atoms with Crippen molar-refractivity contribution in [3.63, 3.8) is 0 Å². The van der Waals surface area contributed by atoms with Crippen molar-refractivity contribution in [2.45, 2.75) is 0 Å². The summed E-state index contributed by atoms with van der Waals surface area (Å²) < 4.78 is 10.3. The monoisotopic (exact) mass is 301 g/mol. The lowest BCUT2D eigenvalue weighted by Gasteiger charge is -2.20. The minimum Gasteiger partial charge on any atom is -0.383 e. The van der Waals surface area contributed by atoms with Gasteiger partial charge in [0.25, 0.3) is 0 Å². The highest BCUT2D eigenvalue weighted by molar-refractivity contribution is 14.1. The van der Waals surface area contributed by atoms with Gasteiger partial charge in [0, 0.05) is 27.3 Å². The van der Waals surface area contributed by atoms with Crippen LogP contribution in [0.15, 0.2) is 0 Å². The summed E-state index contributed by atoms with van der Waals surface area (Å²) in [5, 5.41) is 0. The number of hydrogen-bond acceptors (Lipinski definition) is 3. The molecule has 13 heavy (non-hydrogen) atoms. The smallest absolute Gasteiger partial charge is 0.232 e. The highest BCUT2D eigenvalue weighted by atomic mass is 127. The second kappa shape index (κ2) is 8.71. The Labute approximate surface area is 92.7 Å². The molecule has 78 valence electrons. The van der Waals surface area contributed by atoms with Gasteiger partial charge in [-0.05, 0) is 0 Å². The van der Waals surface area contributed by atoms with Gasteiger partial charge in [0.05, 0.1) is 17.6 Å². The van der Waals surface area contributed by atoms with Crippen molar-refractivity contribution in [1.82, 2.24) is 4.90 Å². The zero-order chi connectivity index (χ0) is 10.1. The van der Waals surface area contributed by atoms with E-state index >= 15 is 0 Å². The molecule has 0 radical (unpaired) electrons. The summed E-state index contributed by atoms with van der Waals surface area (Å²) in [6.45, 7) is 2.43. The standard InChI is InChI=1S/C8H16INO3/c1-12-5-3-10(4-6-13-2)8(11)7-9/h3-7H2,1-2H3. The molecule has 0 bridgehead atoms. The van der Waals surface area contributed by atoms with Crippen LogP contribution in [0.5, 0.6) is 0 Å². The predicted octanol–water partition coefficient (Wildman–Crippen LogP) is 0.543. The van der Waals surface area contributed by atoms with Gasteiger partial charge in [-0.15, -0.1) is 0 Å². The minimum atomic E-state index is 0.134. The molecule has 0 heterocycles. The minimum absolute atomic E-state index is 0.134. The van der Waals surface area contributed by atoms with Crippen molar-refractivity contribution in [2.24, 2.45) is 0 Å². The summed E-state index contributed by atoms with van der Waals surface area (Å²) >= 11 is 2.06. The van der Waals surface area contributed by atoms with Crippen molar-refractivity contribution in [1.29, 1.82) is 0 Å². The van der Waals surface area contributed by atoms with Crippen molar-refractivity contribution in [3.05, 3.63) is 0 Å². The summed E-state index contributed by atoms with van der Waals surface area (Å²) in [7, 11) is 3.26. The molecular formula is C8H16INO3. The molecule has 0 aromatic heterocycles. The normalized spacial score (nSPS) is 10.1. The van der Waals surface area contributed by atoms with E-state index in [1.807, 2.05) is 0 Å². The molecule has 0 atom stereocenters. The lowest BCUT2D eigenvalue weighted by atomic mass is 10.4. The van der Waals surface area contributed by atoms with E-state index in [1.165, 1.54) is 0 Å². The highest BCUT2D eigenvalue weighted by Gasteiger charge is 2.10. The molecular weight excluding hydrogens is 285 g/mol. The van der Waals surface area contributed by atoms with Crippen LogP contribution in [0.25, 0.3) is 0 Å². The Morgan fingerprint density at radius 2 is 1.69 bits per heavy atom. The molecule has 0 aromatic carbocycles. The topological polar surface area (TPSA) is 38.8 Å². The van der Waals surface area contributed by atoms with E-state index in [9.17, 15) is 4.79 Å². The van der Waals surface area contributed by atoms with E-state index < -0.39 is 0 Å². The molecule has 0 saturated carbocycles. The number of rotatable bonds is 7. The van der Waals surface area contributed by atoms with Crippen LogP contribution in [0.3, 0.4) is 0 Å². The van der Waals surface area contributed by atoms with Gasteiger partial charge in [-0.2, -0.15) is 0 Å². The number of halogens is 1. The van der Waals surface area contributed by atoms with Crippen LogP contribution in [0.1, 0.15) is 0 Å². The average Bonchev–Trinajstić information content (AvgIpc) is 2.17. The van der Waals surface area contributed by atoms with Crippen molar-refractivity contribution in [2.75, 3.05) is 45.0 Å². The van der Waals surface area contributed by atoms with Gasteiger partial charge < -0.3 is 14.4 Å². The van der Waals surface area contributed by atoms with Crippen molar-refractivity contribution >= 4 is 28.5 Å². The maximum Gasteiger partial charge on any atom is 0.232 e. The number of alkyl halides is 1. The quantitative estimate of drug-likeness (QED) is 0.509. The third-order valence-electron chi connectivity index (χ3n) is 1.60. The molecule has 0 rings (SSSR count). The summed E-state index contributed by atoms with van der Waals surface area (Å²) in [6.07, 6.45) is 0. The number of carbonyl (C=O) groups excluding carboxylic acids is 1. The van der Waals surface area contributed by atoms with E-state index in [0.717, 1.165) is 0 Å². The number of carbonyl (C=O) groups is 1. The first-order chi connectivity index (χ1) is 6.26. The molecule has 0 aliphatic rings. The maximum atomic E-state index is 11.3. The Balaban J connectivity index is 3.79. The first-order valence-electron chi connectivity index (χ1n) is 4.07. The first kappa shape index (κ1) is 13.1. The molecule has 0 spiro atoms. The molecule has 1 amide bonds. The largest absolute Gasteiger partial charge is 0.383 e. The van der Waals surface area contributed by atoms with Gasteiger partial charge in [-0.3, -0.25) is 4.79 Å². The summed E-state index contributed by atoms with van der Waals surface area (Å²) in [5.41, 5.74) is 0. The SMILES string of the molecule is COCCN(CCOC)C(=O)CI. The fourth-order valence-corrected chi connectivity index (χ4v) is 1.33. The van der Waals surface area contributed by atoms with Crippen LogP contribution in [0, 0.1) is 0 Å². The third-order valence-corrected chi connectivity index (χ3v) is 2.25. The molecule has 0 saturated heterocycles. The molecule has 4 nitrogen and oxygen atoms in total. The maximum absolute atomic E-state index is 11.3. The van der Waals surface area contributed by atoms with E-state index in [0.29, 0.717) is 30.7 Å². The summed E-state index contributed by atoms with van der Waals surface area (Å²) in [5.74, 6) is 0.134. The number of amides is 1. The molecule has 0 aliphatic heterocycles. The third kappa shape index (κ3) is 6.23. The van der Waals surface area contributed by atoms with Gasteiger partial charge in [0.1, 0.15) is 0 Å². The molecule has 0 unspecified atom stereocenters. The lowest BCUT2D eigenvalue weighted by molar-refractivity contribution is -0.129. The fourth-order valence-electron chi connectivity index (χ4n) is 0.849. The van der Waals surface area contributed by atoms with E-state index in [-0.39, 0.29) is 5.91 Å². The molecule has 0 fully saturated rings. The zero-order valence-corrected chi connectivity index (χ0v) is 10.2. The fraction of sp³-hybridized carbons (Fsp3) is 0.875. The predicted molar refractivity (Wildman–Crippen MR) is 59.2 cm³/mol. The average molecular weight is 301 g/mol. The summed E-state index contributed by atoms with van der Waals surface area (Å²) in [6, 6.07) is 0. The van der Waals surface area contributed by atoms with Gasteiger partial charge in [0.15, 0.2) is 0 Å². The Morgan fingerprint density at radius 3 is 2.00 bits per heavy atom. The van der Waals surface area contributed by atoms with Gasteiger partial charge in [-0.1, -0.05) is 22.6 Å². The van der Waals surface area contributed by atoms with Crippen LogP contribution in [-0.2, 0) is 14.3 Å². The zero-order valence-electron chi connectivity index (χ0n) is 8.09. The van der Waals surface area contributed by atoms with Crippen molar-refractivity contribution < 1.29 is 14.3 Å². The number of hydrogen-bond donors (Lipinski definition) is 0. The van der Waals surface area contributed by atoms with Crippen LogP contribution in [0.2, 0.25) is 0 Å². The number of ether oxygens (including phenoxy) is 2. The van der Waals surface area contributed by atoms with Gasteiger partial charge >= 0.3 is 0 Å². The van der Waals surface area contributed by atoms with E-state index in [1.54, 1.807) is 19.1 Å². The van der Waals surface area contributed by atoms with Crippen LogP contribution >= 0.6 is 22.6 Å². The van der Waals surface area contributed by atoms with Gasteiger partial charge in [0.2, 0.25) is 5.91 Å². The van der Waals surface area contributed by atoms with Crippen LogP contribution < -0.4 is 0 Å². The second-order valence-corrected chi connectivity index (χ2v) is 3.26. The summed E-state index contributed by atoms with van der Waals surface area (Å²) in [4.78, 5) is 13.1. The Bertz CT molecular complexity index is 135. The lowest BCUT2D eigenvalue weighted by Crippen LogP contribution is -2.37. The molecule has 0 aliphatic carbocycles. The van der Waals surface area contributed by atoms with E-state index in [4.69, 9.17) is 9.47 Å². The Kier molecular flexibility index (Phi) is 8.79. The second-order valence-electron chi connectivity index (χ2n) is 2.50. The highest BCUT2D eigenvalue weighted by Crippen LogP contribution is 1.94. The van der Waals surface area contributed by atoms with Crippen molar-refractivity contribution in [3.8, 4) is 0 Å². The Hall–Kier alpha value is 0.120. The molecule has 0 aromatic rings. The van der Waals surface area contributed by atoms with E-state index in [2.05, 4.69) is 22.6 Å². The van der Waals surface area contributed by atoms with Gasteiger partial charge in [-0.25, -0.2) is 0 Å². The van der Waals surface area contributed by atoms with Crippen LogP contribution in [-0.4, -0.2) is 55.8 Å². The number of nitrogens with zero attached hydrogens (tertiary/aromatic N) is 1. The Morgan fingerprint density at radius 1 is 1.23 bits per heavy atom. The molecule has 5 heteroatoms. The molecule has 0 N–H and O–H groups in total. The first-order valence-corrected chi connectivity index (χ1v) is 5.60. The number of methoxy groups -OCH3 is 2.